The molecule has 1 heterocycles. The molecule has 0 radical (unpaired) electrons. The van der Waals surface area contributed by atoms with E-state index >= 15 is 0 Å². The van der Waals surface area contributed by atoms with Crippen molar-refractivity contribution in [3.8, 4) is 0 Å². The Kier molecular flexibility index (Phi) is 9.05. The molecule has 1 fully saturated rings. The lowest BCUT2D eigenvalue weighted by molar-refractivity contribution is -0.184. The van der Waals surface area contributed by atoms with Crippen molar-refractivity contribution in [3.05, 3.63) is 23.9 Å². The van der Waals surface area contributed by atoms with Crippen LogP contribution >= 0.6 is 0 Å². The van der Waals surface area contributed by atoms with Gasteiger partial charge < -0.3 is 9.47 Å². The summed E-state index contributed by atoms with van der Waals surface area (Å²) in [5.41, 5.74) is -1.13. The molecule has 1 aromatic rings. The number of alkyl halides is 3. The van der Waals surface area contributed by atoms with Gasteiger partial charge in [-0.25, -0.2) is 19.6 Å². The average molecular weight is 502 g/mol. The lowest BCUT2D eigenvalue weighted by Gasteiger charge is -2.39. The highest BCUT2D eigenvalue weighted by Gasteiger charge is 2.42. The SMILES string of the molecule is CCN(c1ccc(C(=O)OC(C)(C)C)cn1)N(CC1CCC(C(F)(F)F)CC1)C(=O)OC(C)(C)C. The van der Waals surface area contributed by atoms with Crippen LogP contribution in [0.15, 0.2) is 18.3 Å². The van der Waals surface area contributed by atoms with E-state index in [0.29, 0.717) is 25.2 Å². The Morgan fingerprint density at radius 2 is 1.54 bits per heavy atom. The van der Waals surface area contributed by atoms with E-state index in [-0.39, 0.29) is 30.9 Å². The molecule has 0 bridgehead atoms. The minimum Gasteiger partial charge on any atom is -0.456 e. The first-order chi connectivity index (χ1) is 16.0. The summed E-state index contributed by atoms with van der Waals surface area (Å²) in [5, 5.41) is 3.04. The number of hydrogen-bond acceptors (Lipinski definition) is 6. The van der Waals surface area contributed by atoms with E-state index in [9.17, 15) is 22.8 Å². The summed E-state index contributed by atoms with van der Waals surface area (Å²) >= 11 is 0. The van der Waals surface area contributed by atoms with Crippen LogP contribution < -0.4 is 5.01 Å². The Labute approximate surface area is 205 Å². The number of nitrogens with zero attached hydrogens (tertiary/aromatic N) is 3. The van der Waals surface area contributed by atoms with E-state index in [1.165, 1.54) is 11.2 Å². The minimum atomic E-state index is -4.19. The molecular formula is C25H38F3N3O4. The predicted octanol–water partition coefficient (Wildman–Crippen LogP) is 6.38. The van der Waals surface area contributed by atoms with Gasteiger partial charge in [-0.15, -0.1) is 0 Å². The molecule has 10 heteroatoms. The maximum absolute atomic E-state index is 13.1. The first-order valence-electron chi connectivity index (χ1n) is 12.0. The molecule has 0 spiro atoms. The number of ether oxygens (including phenoxy) is 2. The monoisotopic (exact) mass is 501 g/mol. The summed E-state index contributed by atoms with van der Waals surface area (Å²) in [6.07, 6.45) is -2.58. The fraction of sp³-hybridized carbons (Fsp3) is 0.720. The fourth-order valence-corrected chi connectivity index (χ4v) is 3.96. The Morgan fingerprint density at radius 1 is 0.971 bits per heavy atom. The highest BCUT2D eigenvalue weighted by atomic mass is 19.4. The van der Waals surface area contributed by atoms with Crippen LogP contribution in [-0.4, -0.2) is 52.5 Å². The number of carbonyl (C=O) groups is 2. The normalized spacial score (nSPS) is 19.1. The van der Waals surface area contributed by atoms with Crippen molar-refractivity contribution in [2.24, 2.45) is 11.8 Å². The van der Waals surface area contributed by atoms with Crippen molar-refractivity contribution < 1.29 is 32.2 Å². The predicted molar refractivity (Wildman–Crippen MR) is 127 cm³/mol. The molecule has 7 nitrogen and oxygen atoms in total. The van der Waals surface area contributed by atoms with Crippen molar-refractivity contribution >= 4 is 17.9 Å². The van der Waals surface area contributed by atoms with Crippen molar-refractivity contribution in [2.45, 2.75) is 91.5 Å². The van der Waals surface area contributed by atoms with Crippen LogP contribution in [0.4, 0.5) is 23.8 Å². The summed E-state index contributed by atoms with van der Waals surface area (Å²) in [6, 6.07) is 3.18. The van der Waals surface area contributed by atoms with Gasteiger partial charge in [0.15, 0.2) is 0 Å². The molecule has 1 aromatic heterocycles. The van der Waals surface area contributed by atoms with Crippen LogP contribution in [0.2, 0.25) is 0 Å². The number of rotatable bonds is 6. The van der Waals surface area contributed by atoms with Gasteiger partial charge in [-0.3, -0.25) is 5.01 Å². The third kappa shape index (κ3) is 8.89. The first kappa shape index (κ1) is 28.7. The lowest BCUT2D eigenvalue weighted by Crippen LogP contribution is -2.51. The Bertz CT molecular complexity index is 853. The minimum absolute atomic E-state index is 0.0469. The van der Waals surface area contributed by atoms with E-state index in [4.69, 9.17) is 9.47 Å². The zero-order chi connectivity index (χ0) is 26.6. The summed E-state index contributed by atoms with van der Waals surface area (Å²) in [5.74, 6) is -1.49. The molecule has 0 aliphatic heterocycles. The molecule has 1 aliphatic rings. The molecule has 0 saturated heterocycles. The molecule has 35 heavy (non-hydrogen) atoms. The zero-order valence-corrected chi connectivity index (χ0v) is 21.7. The van der Waals surface area contributed by atoms with Gasteiger partial charge >= 0.3 is 18.2 Å². The lowest BCUT2D eigenvalue weighted by atomic mass is 9.81. The van der Waals surface area contributed by atoms with Crippen LogP contribution in [0.1, 0.15) is 84.5 Å². The van der Waals surface area contributed by atoms with Crippen LogP contribution in [-0.2, 0) is 9.47 Å². The van der Waals surface area contributed by atoms with Gasteiger partial charge in [0.05, 0.1) is 11.5 Å². The van der Waals surface area contributed by atoms with Gasteiger partial charge in [0.2, 0.25) is 0 Å². The number of pyridine rings is 1. The zero-order valence-electron chi connectivity index (χ0n) is 21.7. The third-order valence-electron chi connectivity index (χ3n) is 5.58. The Morgan fingerprint density at radius 3 is 1.97 bits per heavy atom. The first-order valence-corrected chi connectivity index (χ1v) is 12.0. The van der Waals surface area contributed by atoms with Crippen LogP contribution in [0.3, 0.4) is 0 Å². The maximum atomic E-state index is 13.1. The quantitative estimate of drug-likeness (QED) is 0.333. The van der Waals surface area contributed by atoms with E-state index in [1.54, 1.807) is 58.7 Å². The number of hydrogen-bond donors (Lipinski definition) is 0. The standard InChI is InChI=1S/C25H38F3N3O4/c1-8-30(20-14-11-18(15-29-20)21(32)34-23(2,3)4)31(22(33)35-24(5,6)7)16-17-9-12-19(13-10-17)25(26,27)28/h11,14-15,17,19H,8-10,12-13,16H2,1-7H3. The summed E-state index contributed by atoms with van der Waals surface area (Å²) in [7, 11) is 0. The van der Waals surface area contributed by atoms with Crippen molar-refractivity contribution in [3.63, 3.8) is 0 Å². The van der Waals surface area contributed by atoms with Gasteiger partial charge in [-0.1, -0.05) is 0 Å². The van der Waals surface area contributed by atoms with Gasteiger partial charge in [0.25, 0.3) is 0 Å². The van der Waals surface area contributed by atoms with Gasteiger partial charge in [0, 0.05) is 19.3 Å². The molecular weight excluding hydrogens is 463 g/mol. The van der Waals surface area contributed by atoms with Gasteiger partial charge in [0.1, 0.15) is 17.0 Å². The molecule has 1 aliphatic carbocycles. The van der Waals surface area contributed by atoms with Crippen LogP contribution in [0.5, 0.6) is 0 Å². The summed E-state index contributed by atoms with van der Waals surface area (Å²) in [4.78, 5) is 29.8. The molecule has 2 rings (SSSR count). The van der Waals surface area contributed by atoms with E-state index < -0.39 is 35.4 Å². The summed E-state index contributed by atoms with van der Waals surface area (Å²) < 4.78 is 50.3. The molecule has 0 unspecified atom stereocenters. The topological polar surface area (TPSA) is 72.0 Å². The Hall–Kier alpha value is -2.52. The van der Waals surface area contributed by atoms with E-state index in [2.05, 4.69) is 4.98 Å². The molecule has 1 saturated carbocycles. The second kappa shape index (κ2) is 11.0. The molecule has 0 atom stereocenters. The van der Waals surface area contributed by atoms with Crippen molar-refractivity contribution in [1.29, 1.82) is 0 Å². The number of carbonyl (C=O) groups excluding carboxylic acids is 2. The number of amides is 1. The van der Waals surface area contributed by atoms with E-state index in [0.717, 1.165) is 0 Å². The largest absolute Gasteiger partial charge is 0.456 e. The number of esters is 1. The second-order valence-electron chi connectivity index (χ2n) is 10.9. The number of halogens is 3. The highest BCUT2D eigenvalue weighted by Crippen LogP contribution is 2.40. The van der Waals surface area contributed by atoms with Gasteiger partial charge in [-0.05, 0) is 92.2 Å². The third-order valence-corrected chi connectivity index (χ3v) is 5.58. The second-order valence-corrected chi connectivity index (χ2v) is 10.9. The van der Waals surface area contributed by atoms with Gasteiger partial charge in [-0.2, -0.15) is 13.2 Å². The van der Waals surface area contributed by atoms with Crippen LogP contribution in [0.25, 0.3) is 0 Å². The maximum Gasteiger partial charge on any atom is 0.429 e. The molecule has 1 amide bonds. The molecule has 198 valence electrons. The highest BCUT2D eigenvalue weighted by molar-refractivity contribution is 5.89. The number of aromatic nitrogens is 1. The summed E-state index contributed by atoms with van der Waals surface area (Å²) in [6.45, 7) is 13.0. The van der Waals surface area contributed by atoms with Crippen molar-refractivity contribution in [1.82, 2.24) is 9.99 Å². The number of anilines is 1. The smallest absolute Gasteiger partial charge is 0.429 e. The number of hydrazine groups is 1. The molecule has 0 aromatic carbocycles. The average Bonchev–Trinajstić information content (AvgIpc) is 2.71. The molecule has 0 N–H and O–H groups in total. The van der Waals surface area contributed by atoms with Crippen molar-refractivity contribution in [2.75, 3.05) is 18.1 Å². The fourth-order valence-electron chi connectivity index (χ4n) is 3.96. The van der Waals surface area contributed by atoms with E-state index in [1.807, 2.05) is 6.92 Å². The van der Waals surface area contributed by atoms with Crippen LogP contribution in [0, 0.1) is 11.8 Å². The Balaban J connectivity index is 2.23.